The van der Waals surface area contributed by atoms with Gasteiger partial charge in [-0.05, 0) is 37.0 Å². The Morgan fingerprint density at radius 1 is 1.09 bits per heavy atom. The van der Waals surface area contributed by atoms with Crippen molar-refractivity contribution >= 4 is 23.8 Å². The molecule has 10 heteroatoms. The van der Waals surface area contributed by atoms with E-state index in [0.717, 1.165) is 12.1 Å². The first-order chi connectivity index (χ1) is 16.3. The van der Waals surface area contributed by atoms with Crippen molar-refractivity contribution in [3.63, 3.8) is 0 Å². The molecule has 2 heterocycles. The van der Waals surface area contributed by atoms with Crippen molar-refractivity contribution in [1.29, 1.82) is 0 Å². The second kappa shape index (κ2) is 9.20. The molecule has 0 saturated carbocycles. The van der Waals surface area contributed by atoms with Crippen LogP contribution in [-0.4, -0.2) is 46.8 Å². The van der Waals surface area contributed by atoms with Crippen LogP contribution in [0.2, 0.25) is 0 Å². The van der Waals surface area contributed by atoms with Gasteiger partial charge in [-0.2, -0.15) is 5.01 Å². The van der Waals surface area contributed by atoms with Crippen LogP contribution < -0.4 is 10.7 Å². The number of urea groups is 1. The third kappa shape index (κ3) is 4.11. The average Bonchev–Trinajstić information content (AvgIpc) is 3.09. The number of imide groups is 1. The molecule has 2 fully saturated rings. The summed E-state index contributed by atoms with van der Waals surface area (Å²) in [7, 11) is 0. The van der Waals surface area contributed by atoms with Crippen molar-refractivity contribution in [2.75, 3.05) is 13.1 Å². The van der Waals surface area contributed by atoms with Gasteiger partial charge in [0, 0.05) is 25.1 Å². The molecule has 2 saturated heterocycles. The van der Waals surface area contributed by atoms with Crippen LogP contribution in [0.15, 0.2) is 48.5 Å². The van der Waals surface area contributed by atoms with Crippen molar-refractivity contribution in [1.82, 2.24) is 20.7 Å². The standard InChI is InChI=1S/C24H24F2N4O4/c1-2-24(16-6-4-3-5-7-16)22(33)30(23(34)27-24)28-20(31)15-10-12-29(13-11-15)21(32)18-9-8-17(25)14-19(18)26/h3-9,14-15H,2,10-13H2,1H3,(H,27,34)(H,28,31). The maximum Gasteiger partial charge on any atom is 0.344 e. The molecule has 0 radical (unpaired) electrons. The zero-order valence-electron chi connectivity index (χ0n) is 18.5. The van der Waals surface area contributed by atoms with Crippen LogP contribution in [-0.2, 0) is 15.1 Å². The van der Waals surface area contributed by atoms with E-state index in [4.69, 9.17) is 0 Å². The Bertz CT molecular complexity index is 1140. The molecule has 1 unspecified atom stereocenters. The summed E-state index contributed by atoms with van der Waals surface area (Å²) in [5, 5.41) is 3.41. The number of likely N-dealkylation sites (tertiary alicyclic amines) is 1. The summed E-state index contributed by atoms with van der Waals surface area (Å²) in [6, 6.07) is 10.8. The molecule has 0 aromatic heterocycles. The minimum absolute atomic E-state index is 0.177. The van der Waals surface area contributed by atoms with Gasteiger partial charge < -0.3 is 10.2 Å². The Morgan fingerprint density at radius 2 is 1.76 bits per heavy atom. The Kier molecular flexibility index (Phi) is 6.32. The minimum Gasteiger partial charge on any atom is -0.339 e. The van der Waals surface area contributed by atoms with Crippen LogP contribution in [0.1, 0.15) is 42.1 Å². The van der Waals surface area contributed by atoms with E-state index in [0.29, 0.717) is 23.1 Å². The van der Waals surface area contributed by atoms with E-state index in [1.165, 1.54) is 4.90 Å². The molecular weight excluding hydrogens is 446 g/mol. The number of halogens is 2. The lowest BCUT2D eigenvalue weighted by Crippen LogP contribution is -2.51. The summed E-state index contributed by atoms with van der Waals surface area (Å²) in [5.74, 6) is -3.93. The normalized spacial score (nSPS) is 20.9. The highest BCUT2D eigenvalue weighted by Crippen LogP contribution is 2.32. The van der Waals surface area contributed by atoms with Gasteiger partial charge in [0.15, 0.2) is 0 Å². The summed E-state index contributed by atoms with van der Waals surface area (Å²) in [5.41, 5.74) is 1.54. The number of rotatable bonds is 5. The molecule has 1 atom stereocenters. The van der Waals surface area contributed by atoms with E-state index >= 15 is 0 Å². The van der Waals surface area contributed by atoms with E-state index in [1.807, 2.05) is 0 Å². The van der Waals surface area contributed by atoms with E-state index in [-0.39, 0.29) is 31.5 Å². The number of benzene rings is 2. The number of piperidine rings is 1. The molecule has 178 valence electrons. The number of hydrazine groups is 1. The minimum atomic E-state index is -1.26. The van der Waals surface area contributed by atoms with Crippen LogP contribution in [0, 0.1) is 17.6 Å². The van der Waals surface area contributed by atoms with Crippen molar-refractivity contribution in [3.8, 4) is 0 Å². The molecule has 0 aliphatic carbocycles. The van der Waals surface area contributed by atoms with Crippen LogP contribution in [0.3, 0.4) is 0 Å². The molecule has 0 bridgehead atoms. The highest BCUT2D eigenvalue weighted by Gasteiger charge is 2.52. The van der Waals surface area contributed by atoms with Crippen molar-refractivity contribution < 1.29 is 28.0 Å². The largest absolute Gasteiger partial charge is 0.344 e. The van der Waals surface area contributed by atoms with Gasteiger partial charge in [-0.25, -0.2) is 13.6 Å². The maximum atomic E-state index is 13.9. The average molecular weight is 470 g/mol. The van der Waals surface area contributed by atoms with E-state index in [1.54, 1.807) is 37.3 Å². The molecule has 5 amide bonds. The topological polar surface area (TPSA) is 98.8 Å². The van der Waals surface area contributed by atoms with Gasteiger partial charge in [0.25, 0.3) is 11.8 Å². The first-order valence-electron chi connectivity index (χ1n) is 11.0. The van der Waals surface area contributed by atoms with E-state index in [9.17, 15) is 28.0 Å². The fraction of sp³-hybridized carbons (Fsp3) is 0.333. The SMILES string of the molecule is CCC1(c2ccccc2)NC(=O)N(NC(=O)C2CCN(C(=O)c3ccc(F)cc3F)CC2)C1=O. The lowest BCUT2D eigenvalue weighted by Gasteiger charge is -2.32. The molecule has 2 aromatic rings. The Labute approximate surface area is 194 Å². The molecule has 8 nitrogen and oxygen atoms in total. The molecule has 2 N–H and O–H groups in total. The molecule has 4 rings (SSSR count). The molecule has 2 aliphatic heterocycles. The fourth-order valence-corrected chi connectivity index (χ4v) is 4.42. The number of nitrogens with one attached hydrogen (secondary N) is 2. The Morgan fingerprint density at radius 3 is 2.38 bits per heavy atom. The number of amides is 5. The number of carbonyl (C=O) groups is 4. The second-order valence-corrected chi connectivity index (χ2v) is 8.36. The van der Waals surface area contributed by atoms with Gasteiger partial charge in [-0.3, -0.25) is 19.8 Å². The zero-order valence-corrected chi connectivity index (χ0v) is 18.5. The fourth-order valence-electron chi connectivity index (χ4n) is 4.42. The molecule has 2 aromatic carbocycles. The van der Waals surface area contributed by atoms with Crippen molar-refractivity contribution in [3.05, 3.63) is 71.3 Å². The lowest BCUT2D eigenvalue weighted by atomic mass is 9.87. The second-order valence-electron chi connectivity index (χ2n) is 8.36. The highest BCUT2D eigenvalue weighted by atomic mass is 19.1. The molecule has 34 heavy (non-hydrogen) atoms. The summed E-state index contributed by atoms with van der Waals surface area (Å²) in [6.45, 7) is 2.13. The highest BCUT2D eigenvalue weighted by molar-refractivity contribution is 6.08. The lowest BCUT2D eigenvalue weighted by molar-refractivity contribution is -0.141. The predicted octanol–water partition coefficient (Wildman–Crippen LogP) is 2.71. The third-order valence-corrected chi connectivity index (χ3v) is 6.43. The van der Waals surface area contributed by atoms with Gasteiger partial charge in [-0.15, -0.1) is 0 Å². The van der Waals surface area contributed by atoms with Crippen LogP contribution in [0.4, 0.5) is 13.6 Å². The van der Waals surface area contributed by atoms with Gasteiger partial charge >= 0.3 is 6.03 Å². The molecule has 2 aliphatic rings. The van der Waals surface area contributed by atoms with E-state index < -0.39 is 46.8 Å². The van der Waals surface area contributed by atoms with Gasteiger partial charge in [0.05, 0.1) is 5.56 Å². The van der Waals surface area contributed by atoms with E-state index in [2.05, 4.69) is 10.7 Å². The van der Waals surface area contributed by atoms with Gasteiger partial charge in [-0.1, -0.05) is 37.3 Å². The van der Waals surface area contributed by atoms with Crippen molar-refractivity contribution in [2.45, 2.75) is 31.7 Å². The third-order valence-electron chi connectivity index (χ3n) is 6.43. The Hall–Kier alpha value is -3.82. The van der Waals surface area contributed by atoms with Gasteiger partial charge in [0.2, 0.25) is 5.91 Å². The summed E-state index contributed by atoms with van der Waals surface area (Å²) < 4.78 is 27.1. The van der Waals surface area contributed by atoms with Crippen LogP contribution >= 0.6 is 0 Å². The molecular formula is C24H24F2N4O4. The van der Waals surface area contributed by atoms with Crippen LogP contribution in [0.25, 0.3) is 0 Å². The van der Waals surface area contributed by atoms with Crippen LogP contribution in [0.5, 0.6) is 0 Å². The quantitative estimate of drug-likeness (QED) is 0.657. The number of hydrogen-bond donors (Lipinski definition) is 2. The summed E-state index contributed by atoms with van der Waals surface area (Å²) in [4.78, 5) is 52.5. The predicted molar refractivity (Wildman–Crippen MR) is 117 cm³/mol. The number of carbonyl (C=O) groups excluding carboxylic acids is 4. The zero-order chi connectivity index (χ0) is 24.5. The Balaban J connectivity index is 1.39. The maximum absolute atomic E-state index is 13.9. The first kappa shape index (κ1) is 23.3. The number of hydrogen-bond acceptors (Lipinski definition) is 4. The summed E-state index contributed by atoms with van der Waals surface area (Å²) in [6.07, 6.45) is 0.831. The smallest absolute Gasteiger partial charge is 0.339 e. The number of nitrogens with zero attached hydrogens (tertiary/aromatic N) is 2. The molecule has 0 spiro atoms. The van der Waals surface area contributed by atoms with Crippen molar-refractivity contribution in [2.24, 2.45) is 5.92 Å². The monoisotopic (exact) mass is 470 g/mol. The first-order valence-corrected chi connectivity index (χ1v) is 11.0. The summed E-state index contributed by atoms with van der Waals surface area (Å²) >= 11 is 0. The van der Waals surface area contributed by atoms with Gasteiger partial charge in [0.1, 0.15) is 17.2 Å².